The maximum Gasteiger partial charge on any atom is 0.318 e. The van der Waals surface area contributed by atoms with E-state index >= 15 is 0 Å². The Labute approximate surface area is 99.0 Å². The summed E-state index contributed by atoms with van der Waals surface area (Å²) in [5, 5.41) is 11.3. The fraction of sp³-hybridized carbons (Fsp3) is 0.333. The summed E-state index contributed by atoms with van der Waals surface area (Å²) in [6.07, 6.45) is -0.0307. The van der Waals surface area contributed by atoms with Crippen LogP contribution in [0.2, 0.25) is 0 Å². The molecule has 1 aliphatic rings. The van der Waals surface area contributed by atoms with E-state index in [9.17, 15) is 9.59 Å². The molecule has 2 N–H and O–H groups in total. The van der Waals surface area contributed by atoms with Crippen LogP contribution in [0.4, 0.5) is 4.79 Å². The van der Waals surface area contributed by atoms with Gasteiger partial charge in [0, 0.05) is 13.1 Å². The molecule has 1 saturated heterocycles. The van der Waals surface area contributed by atoms with Crippen molar-refractivity contribution in [3.63, 3.8) is 0 Å². The Bertz CT molecular complexity index is 419. The summed E-state index contributed by atoms with van der Waals surface area (Å²) in [4.78, 5) is 23.8. The fourth-order valence-electron chi connectivity index (χ4n) is 1.93. The van der Waals surface area contributed by atoms with E-state index in [1.807, 2.05) is 30.3 Å². The summed E-state index contributed by atoms with van der Waals surface area (Å²) in [6, 6.07) is 9.15. The third-order valence-electron chi connectivity index (χ3n) is 2.69. The smallest absolute Gasteiger partial charge is 0.318 e. The summed E-state index contributed by atoms with van der Waals surface area (Å²) in [5.41, 5.74) is 1.04. The van der Waals surface area contributed by atoms with Crippen LogP contribution < -0.4 is 5.32 Å². The lowest BCUT2D eigenvalue weighted by Crippen LogP contribution is -2.29. The largest absolute Gasteiger partial charge is 0.481 e. The highest BCUT2D eigenvalue weighted by molar-refractivity contribution is 5.78. The van der Waals surface area contributed by atoms with Crippen LogP contribution in [0, 0.1) is 0 Å². The van der Waals surface area contributed by atoms with Crippen LogP contribution in [0.1, 0.15) is 12.0 Å². The van der Waals surface area contributed by atoms with Gasteiger partial charge in [-0.25, -0.2) is 4.79 Å². The zero-order valence-corrected chi connectivity index (χ0v) is 9.30. The van der Waals surface area contributed by atoms with E-state index in [-0.39, 0.29) is 18.5 Å². The van der Waals surface area contributed by atoms with Gasteiger partial charge in [0.15, 0.2) is 0 Å². The number of nitrogens with zero attached hydrogens (tertiary/aromatic N) is 1. The van der Waals surface area contributed by atoms with Gasteiger partial charge in [0.2, 0.25) is 0 Å². The second kappa shape index (κ2) is 4.86. The van der Waals surface area contributed by atoms with Gasteiger partial charge in [-0.1, -0.05) is 30.3 Å². The zero-order valence-electron chi connectivity index (χ0n) is 9.30. The van der Waals surface area contributed by atoms with Gasteiger partial charge in [-0.3, -0.25) is 4.79 Å². The zero-order chi connectivity index (χ0) is 12.3. The van der Waals surface area contributed by atoms with E-state index in [4.69, 9.17) is 5.11 Å². The number of hydrogen-bond donors (Lipinski definition) is 2. The van der Waals surface area contributed by atoms with E-state index < -0.39 is 5.97 Å². The second-order valence-corrected chi connectivity index (χ2v) is 4.11. The summed E-state index contributed by atoms with van der Waals surface area (Å²) < 4.78 is 0. The molecule has 1 aromatic carbocycles. The molecule has 5 heteroatoms. The minimum atomic E-state index is -0.892. The molecular formula is C12H14N2O3. The van der Waals surface area contributed by atoms with Crippen LogP contribution in [0.3, 0.4) is 0 Å². The number of nitrogens with one attached hydrogen (secondary N) is 1. The molecule has 0 radical (unpaired) electrons. The monoisotopic (exact) mass is 234 g/mol. The van der Waals surface area contributed by atoms with Crippen LogP contribution in [-0.4, -0.2) is 34.6 Å². The average Bonchev–Trinajstić information content (AvgIpc) is 2.59. The number of hydrogen-bond acceptors (Lipinski definition) is 2. The molecule has 17 heavy (non-hydrogen) atoms. The first-order valence-electron chi connectivity index (χ1n) is 5.46. The molecule has 1 unspecified atom stereocenters. The lowest BCUT2D eigenvalue weighted by atomic mass is 10.2. The Morgan fingerprint density at radius 3 is 2.76 bits per heavy atom. The van der Waals surface area contributed by atoms with Crippen molar-refractivity contribution in [2.45, 2.75) is 19.0 Å². The molecule has 0 bridgehead atoms. The van der Waals surface area contributed by atoms with E-state index in [0.29, 0.717) is 13.1 Å². The molecular weight excluding hydrogens is 220 g/mol. The summed E-state index contributed by atoms with van der Waals surface area (Å²) in [5.74, 6) is -0.892. The first-order valence-corrected chi connectivity index (χ1v) is 5.46. The quantitative estimate of drug-likeness (QED) is 0.818. The maximum absolute atomic E-state index is 11.6. The van der Waals surface area contributed by atoms with Crippen molar-refractivity contribution in [2.75, 3.05) is 6.54 Å². The van der Waals surface area contributed by atoms with Gasteiger partial charge in [-0.2, -0.15) is 0 Å². The van der Waals surface area contributed by atoms with Crippen molar-refractivity contribution in [2.24, 2.45) is 0 Å². The van der Waals surface area contributed by atoms with Crippen LogP contribution in [0.25, 0.3) is 0 Å². The molecule has 2 rings (SSSR count). The lowest BCUT2D eigenvalue weighted by molar-refractivity contribution is -0.137. The Balaban J connectivity index is 1.95. The minimum Gasteiger partial charge on any atom is -0.481 e. The summed E-state index contributed by atoms with van der Waals surface area (Å²) in [7, 11) is 0. The molecule has 1 heterocycles. The van der Waals surface area contributed by atoms with Crippen molar-refractivity contribution in [1.82, 2.24) is 10.2 Å². The fourth-order valence-corrected chi connectivity index (χ4v) is 1.93. The van der Waals surface area contributed by atoms with Crippen LogP contribution in [-0.2, 0) is 11.3 Å². The third kappa shape index (κ3) is 2.96. The Kier molecular flexibility index (Phi) is 3.27. The summed E-state index contributed by atoms with van der Waals surface area (Å²) in [6.45, 7) is 0.961. The topological polar surface area (TPSA) is 69.6 Å². The number of carbonyl (C=O) groups excluding carboxylic acids is 1. The molecule has 0 aliphatic carbocycles. The number of amides is 2. The number of rotatable bonds is 4. The van der Waals surface area contributed by atoms with E-state index in [1.165, 1.54) is 0 Å². The lowest BCUT2D eigenvalue weighted by Gasteiger charge is -2.14. The number of urea groups is 1. The van der Waals surface area contributed by atoms with E-state index in [2.05, 4.69) is 5.32 Å². The van der Waals surface area contributed by atoms with E-state index in [0.717, 1.165) is 5.56 Å². The highest BCUT2D eigenvalue weighted by Crippen LogP contribution is 2.11. The van der Waals surface area contributed by atoms with Gasteiger partial charge in [-0.15, -0.1) is 0 Å². The number of aliphatic carboxylic acids is 1. The van der Waals surface area contributed by atoms with Gasteiger partial charge in [0.25, 0.3) is 0 Å². The Morgan fingerprint density at radius 1 is 1.41 bits per heavy atom. The van der Waals surface area contributed by atoms with Crippen molar-refractivity contribution >= 4 is 12.0 Å². The minimum absolute atomic E-state index is 0.0307. The molecule has 90 valence electrons. The second-order valence-electron chi connectivity index (χ2n) is 4.11. The van der Waals surface area contributed by atoms with Crippen LogP contribution >= 0.6 is 0 Å². The molecule has 5 nitrogen and oxygen atoms in total. The Morgan fingerprint density at radius 2 is 2.12 bits per heavy atom. The van der Waals surface area contributed by atoms with Gasteiger partial charge >= 0.3 is 12.0 Å². The predicted octanol–water partition coefficient (Wildman–Crippen LogP) is 1.06. The Hall–Kier alpha value is -2.04. The molecule has 1 fully saturated rings. The van der Waals surface area contributed by atoms with E-state index in [1.54, 1.807) is 4.90 Å². The van der Waals surface area contributed by atoms with Gasteiger partial charge < -0.3 is 15.3 Å². The standard InChI is InChI=1S/C12H14N2O3/c15-11(16)6-10-8-14(12(17)13-10)7-9-4-2-1-3-5-9/h1-5,10H,6-8H2,(H,13,17)(H,15,16). The molecule has 1 atom stereocenters. The number of carbonyl (C=O) groups is 2. The highest BCUT2D eigenvalue weighted by atomic mass is 16.4. The normalized spacial score (nSPS) is 19.2. The molecule has 2 amide bonds. The SMILES string of the molecule is O=C(O)CC1CN(Cc2ccccc2)C(=O)N1. The maximum atomic E-state index is 11.6. The first-order chi connectivity index (χ1) is 8.15. The van der Waals surface area contributed by atoms with Gasteiger partial charge in [0.1, 0.15) is 0 Å². The third-order valence-corrected chi connectivity index (χ3v) is 2.69. The predicted molar refractivity (Wildman–Crippen MR) is 61.4 cm³/mol. The van der Waals surface area contributed by atoms with Gasteiger partial charge in [-0.05, 0) is 5.56 Å². The first kappa shape index (κ1) is 11.4. The molecule has 1 aromatic rings. The molecule has 0 spiro atoms. The van der Waals surface area contributed by atoms with Crippen molar-refractivity contribution in [3.8, 4) is 0 Å². The average molecular weight is 234 g/mol. The highest BCUT2D eigenvalue weighted by Gasteiger charge is 2.29. The van der Waals surface area contributed by atoms with Crippen molar-refractivity contribution in [1.29, 1.82) is 0 Å². The van der Waals surface area contributed by atoms with Crippen molar-refractivity contribution in [3.05, 3.63) is 35.9 Å². The number of carboxylic acid groups (broad SMARTS) is 1. The van der Waals surface area contributed by atoms with Crippen molar-refractivity contribution < 1.29 is 14.7 Å². The molecule has 0 saturated carbocycles. The molecule has 0 aromatic heterocycles. The van der Waals surface area contributed by atoms with Crippen LogP contribution in [0.15, 0.2) is 30.3 Å². The summed E-state index contributed by atoms with van der Waals surface area (Å²) >= 11 is 0. The van der Waals surface area contributed by atoms with Crippen LogP contribution in [0.5, 0.6) is 0 Å². The van der Waals surface area contributed by atoms with Gasteiger partial charge in [0.05, 0.1) is 12.5 Å². The molecule has 1 aliphatic heterocycles. The number of carboxylic acids is 1. The number of benzene rings is 1.